The van der Waals surface area contributed by atoms with Crippen LogP contribution in [0.15, 0.2) is 40.7 Å². The van der Waals surface area contributed by atoms with Crippen LogP contribution < -0.4 is 5.32 Å². The summed E-state index contributed by atoms with van der Waals surface area (Å²) in [6.07, 6.45) is 1.18. The second-order valence-electron chi connectivity index (χ2n) is 7.62. The number of rotatable bonds is 3. The lowest BCUT2D eigenvalue weighted by atomic mass is 9.93. The summed E-state index contributed by atoms with van der Waals surface area (Å²) in [7, 11) is 1.86. The van der Waals surface area contributed by atoms with Gasteiger partial charge >= 0.3 is 0 Å². The summed E-state index contributed by atoms with van der Waals surface area (Å²) in [5, 5.41) is 6.77. The first kappa shape index (κ1) is 21.2. The van der Waals surface area contributed by atoms with Gasteiger partial charge in [0.2, 0.25) is 0 Å². The van der Waals surface area contributed by atoms with Crippen LogP contribution >= 0.6 is 35.3 Å². The molecule has 3 rings (SSSR count). The molecule has 1 aromatic carbocycles. The zero-order valence-electron chi connectivity index (χ0n) is 16.0. The summed E-state index contributed by atoms with van der Waals surface area (Å²) in [6, 6.07) is 10.8. The zero-order valence-corrected chi connectivity index (χ0v) is 19.2. The van der Waals surface area contributed by atoms with Crippen molar-refractivity contribution in [1.29, 1.82) is 0 Å². The molecule has 142 valence electrons. The van der Waals surface area contributed by atoms with Crippen molar-refractivity contribution in [2.24, 2.45) is 4.99 Å². The highest BCUT2D eigenvalue weighted by molar-refractivity contribution is 14.0. The Balaban J connectivity index is 0.00000243. The Morgan fingerprint density at radius 1 is 1.31 bits per heavy atom. The Morgan fingerprint density at radius 2 is 2.04 bits per heavy atom. The van der Waals surface area contributed by atoms with E-state index in [1.807, 2.05) is 7.05 Å². The largest absolute Gasteiger partial charge is 0.350 e. The molecule has 0 spiro atoms. The summed E-state index contributed by atoms with van der Waals surface area (Å²) in [5.74, 6) is 1.57. The van der Waals surface area contributed by atoms with Crippen LogP contribution in [0, 0.1) is 0 Å². The van der Waals surface area contributed by atoms with Gasteiger partial charge in [-0.3, -0.25) is 4.99 Å². The van der Waals surface area contributed by atoms with Gasteiger partial charge in [0, 0.05) is 36.9 Å². The van der Waals surface area contributed by atoms with E-state index in [2.05, 4.69) is 71.7 Å². The van der Waals surface area contributed by atoms with E-state index in [-0.39, 0.29) is 29.4 Å². The zero-order chi connectivity index (χ0) is 17.9. The number of guanidine groups is 1. The molecule has 2 heterocycles. The molecule has 1 aliphatic rings. The molecule has 1 saturated heterocycles. The van der Waals surface area contributed by atoms with Crippen LogP contribution in [0.4, 0.5) is 0 Å². The highest BCUT2D eigenvalue weighted by Crippen LogP contribution is 2.27. The minimum Gasteiger partial charge on any atom is -0.350 e. The minimum atomic E-state index is 0. The average molecular weight is 484 g/mol. The number of thiazole rings is 1. The molecule has 0 saturated carbocycles. The minimum absolute atomic E-state index is 0. The quantitative estimate of drug-likeness (QED) is 0.393. The number of benzene rings is 1. The molecule has 0 radical (unpaired) electrons. The van der Waals surface area contributed by atoms with Crippen molar-refractivity contribution in [2.45, 2.75) is 45.1 Å². The maximum atomic E-state index is 4.76. The van der Waals surface area contributed by atoms with Crippen molar-refractivity contribution >= 4 is 41.3 Å². The van der Waals surface area contributed by atoms with E-state index in [4.69, 9.17) is 4.98 Å². The number of nitrogens with zero attached hydrogens (tertiary/aromatic N) is 3. The lowest BCUT2D eigenvalue weighted by Gasteiger charge is -2.21. The smallest absolute Gasteiger partial charge is 0.194 e. The topological polar surface area (TPSA) is 40.5 Å². The van der Waals surface area contributed by atoms with Gasteiger partial charge in [-0.1, -0.05) is 51.1 Å². The third kappa shape index (κ3) is 5.19. The highest BCUT2D eigenvalue weighted by Gasteiger charge is 2.26. The van der Waals surface area contributed by atoms with Crippen LogP contribution in [0.5, 0.6) is 0 Å². The van der Waals surface area contributed by atoms with E-state index < -0.39 is 0 Å². The Labute approximate surface area is 178 Å². The summed E-state index contributed by atoms with van der Waals surface area (Å²) >= 11 is 1.72. The first-order valence-electron chi connectivity index (χ1n) is 8.93. The number of likely N-dealkylation sites (tertiary alicyclic amines) is 1. The summed E-state index contributed by atoms with van der Waals surface area (Å²) in [6.45, 7) is 9.41. The van der Waals surface area contributed by atoms with Crippen LogP contribution in [0.3, 0.4) is 0 Å². The molecule has 26 heavy (non-hydrogen) atoms. The number of aromatic nitrogens is 1. The maximum Gasteiger partial charge on any atom is 0.194 e. The average Bonchev–Trinajstić information content (AvgIpc) is 3.25. The van der Waals surface area contributed by atoms with Gasteiger partial charge in [-0.25, -0.2) is 4.98 Å². The number of nitrogens with one attached hydrogen (secondary N) is 1. The van der Waals surface area contributed by atoms with Crippen LogP contribution in [0.1, 0.15) is 49.4 Å². The molecule has 0 amide bonds. The summed E-state index contributed by atoms with van der Waals surface area (Å²) < 4.78 is 0. The maximum absolute atomic E-state index is 4.76. The molecule has 1 fully saturated rings. The van der Waals surface area contributed by atoms with Crippen LogP contribution in [0.2, 0.25) is 0 Å². The molecule has 1 atom stereocenters. The van der Waals surface area contributed by atoms with Crippen LogP contribution in [-0.2, 0) is 12.0 Å². The number of halogens is 1. The van der Waals surface area contributed by atoms with Crippen LogP contribution in [-0.4, -0.2) is 36.0 Å². The molecular formula is C20H29IN4S. The van der Waals surface area contributed by atoms with Gasteiger partial charge in [0.05, 0.1) is 12.2 Å². The molecule has 4 nitrogen and oxygen atoms in total. The molecule has 1 aromatic heterocycles. The Kier molecular flexibility index (Phi) is 7.46. The van der Waals surface area contributed by atoms with Gasteiger partial charge < -0.3 is 10.2 Å². The fourth-order valence-corrected chi connectivity index (χ4v) is 4.13. The second kappa shape index (κ2) is 9.17. The first-order valence-corrected chi connectivity index (χ1v) is 9.81. The van der Waals surface area contributed by atoms with Crippen LogP contribution in [0.25, 0.3) is 0 Å². The van der Waals surface area contributed by atoms with E-state index in [1.54, 1.807) is 11.3 Å². The number of hydrogen-bond acceptors (Lipinski definition) is 3. The van der Waals surface area contributed by atoms with E-state index in [9.17, 15) is 0 Å². The van der Waals surface area contributed by atoms with Gasteiger partial charge in [-0.2, -0.15) is 0 Å². The van der Waals surface area contributed by atoms with Crippen molar-refractivity contribution in [3.63, 3.8) is 0 Å². The van der Waals surface area contributed by atoms with E-state index in [0.717, 1.165) is 36.3 Å². The first-order chi connectivity index (χ1) is 12.0. The molecule has 1 N–H and O–H groups in total. The normalized spacial score (nSPS) is 17.9. The van der Waals surface area contributed by atoms with Gasteiger partial charge in [-0.05, 0) is 12.0 Å². The number of hydrogen-bond donors (Lipinski definition) is 1. The van der Waals surface area contributed by atoms with E-state index in [1.165, 1.54) is 12.0 Å². The monoisotopic (exact) mass is 484 g/mol. The standard InChI is InChI=1S/C20H28N4S.HI/c1-20(2,3)17-14-25-18(23-17)12-22-19(21-4)24-11-10-16(13-24)15-8-6-5-7-9-15;/h5-9,14,16H,10-13H2,1-4H3,(H,21,22);1H. The fraction of sp³-hybridized carbons (Fsp3) is 0.500. The Bertz CT molecular complexity index is 721. The third-order valence-corrected chi connectivity index (χ3v) is 5.54. The van der Waals surface area contributed by atoms with Crippen molar-refractivity contribution in [3.05, 3.63) is 52.0 Å². The lowest BCUT2D eigenvalue weighted by molar-refractivity contribution is 0.485. The van der Waals surface area contributed by atoms with Gasteiger partial charge in [0.1, 0.15) is 5.01 Å². The Hall–Kier alpha value is -1.15. The summed E-state index contributed by atoms with van der Waals surface area (Å²) in [5.41, 5.74) is 2.69. The van der Waals surface area contributed by atoms with Gasteiger partial charge in [0.15, 0.2) is 5.96 Å². The molecular weight excluding hydrogens is 455 g/mol. The lowest BCUT2D eigenvalue weighted by Crippen LogP contribution is -2.39. The van der Waals surface area contributed by atoms with Crippen molar-refractivity contribution in [1.82, 2.24) is 15.2 Å². The van der Waals surface area contributed by atoms with E-state index >= 15 is 0 Å². The summed E-state index contributed by atoms with van der Waals surface area (Å²) in [4.78, 5) is 11.6. The Morgan fingerprint density at radius 3 is 2.65 bits per heavy atom. The van der Waals surface area contributed by atoms with Crippen molar-refractivity contribution in [2.75, 3.05) is 20.1 Å². The number of aliphatic imine (C=N–C) groups is 1. The molecule has 1 unspecified atom stereocenters. The predicted molar refractivity (Wildman–Crippen MR) is 122 cm³/mol. The van der Waals surface area contributed by atoms with Crippen molar-refractivity contribution < 1.29 is 0 Å². The molecule has 0 aliphatic carbocycles. The third-order valence-electron chi connectivity index (χ3n) is 4.69. The molecule has 2 aromatic rings. The predicted octanol–water partition coefficient (Wildman–Crippen LogP) is 4.62. The van der Waals surface area contributed by atoms with Gasteiger partial charge in [0.25, 0.3) is 0 Å². The second-order valence-corrected chi connectivity index (χ2v) is 8.56. The highest BCUT2D eigenvalue weighted by atomic mass is 127. The molecule has 6 heteroatoms. The van der Waals surface area contributed by atoms with Gasteiger partial charge in [-0.15, -0.1) is 35.3 Å². The SMILES string of the molecule is CN=C(NCc1nc(C(C)(C)C)cs1)N1CCC(c2ccccc2)C1.I. The van der Waals surface area contributed by atoms with Crippen molar-refractivity contribution in [3.8, 4) is 0 Å². The molecule has 1 aliphatic heterocycles. The fourth-order valence-electron chi connectivity index (χ4n) is 3.17. The van der Waals surface area contributed by atoms with E-state index in [0.29, 0.717) is 5.92 Å². The molecule has 0 bridgehead atoms.